The summed E-state index contributed by atoms with van der Waals surface area (Å²) >= 11 is 1.43. The molecule has 2 heterocycles. The second kappa shape index (κ2) is 7.89. The van der Waals surface area contributed by atoms with Crippen LogP contribution in [-0.4, -0.2) is 32.5 Å². The topological polar surface area (TPSA) is 76.2 Å². The number of aromatic amines is 1. The SMILES string of the molecule is COc1ccc2[nH]c(=O)c3sccc3c2c1-c1ccc([C@@H](C)CCS(C)(=O)=O)cc1. The van der Waals surface area contributed by atoms with Gasteiger partial charge in [0.2, 0.25) is 0 Å². The van der Waals surface area contributed by atoms with E-state index in [2.05, 4.69) is 4.98 Å². The molecule has 0 radical (unpaired) electrons. The van der Waals surface area contributed by atoms with Crippen LogP contribution in [0.1, 0.15) is 24.8 Å². The second-order valence-corrected chi connectivity index (χ2v) is 10.8. The summed E-state index contributed by atoms with van der Waals surface area (Å²) in [6, 6.07) is 13.9. The predicted octanol–water partition coefficient (Wildman–Crippen LogP) is 4.96. The molecule has 4 rings (SSSR count). The van der Waals surface area contributed by atoms with Crippen LogP contribution >= 0.6 is 11.3 Å². The van der Waals surface area contributed by atoms with Crippen molar-refractivity contribution in [1.29, 1.82) is 0 Å². The Balaban J connectivity index is 1.83. The van der Waals surface area contributed by atoms with Gasteiger partial charge >= 0.3 is 0 Å². The standard InChI is InChI=1S/C23H23NO4S2/c1-14(11-13-30(3,26)27)15-4-6-16(7-5-15)20-19(28-2)9-8-18-21(20)17-10-12-29-22(17)23(25)24-18/h4-10,12,14H,11,13H2,1-3H3,(H,24,25)/t14-/m0/s1. The highest BCUT2D eigenvalue weighted by Crippen LogP contribution is 2.40. The maximum absolute atomic E-state index is 12.4. The number of thiophene rings is 1. The van der Waals surface area contributed by atoms with Crippen molar-refractivity contribution < 1.29 is 13.2 Å². The average Bonchev–Trinajstić information content (AvgIpc) is 3.21. The minimum atomic E-state index is -2.98. The summed E-state index contributed by atoms with van der Waals surface area (Å²) in [6.45, 7) is 2.04. The quantitative estimate of drug-likeness (QED) is 0.459. The van der Waals surface area contributed by atoms with E-state index in [4.69, 9.17) is 4.74 Å². The number of hydrogen-bond donors (Lipinski definition) is 1. The highest BCUT2D eigenvalue weighted by molar-refractivity contribution is 7.90. The number of rotatable bonds is 6. The van der Waals surface area contributed by atoms with Crippen molar-refractivity contribution in [3.05, 3.63) is 63.8 Å². The van der Waals surface area contributed by atoms with Gasteiger partial charge in [-0.3, -0.25) is 4.79 Å². The van der Waals surface area contributed by atoms with E-state index in [1.54, 1.807) is 7.11 Å². The highest BCUT2D eigenvalue weighted by Gasteiger charge is 2.17. The lowest BCUT2D eigenvalue weighted by molar-refractivity contribution is 0.417. The minimum absolute atomic E-state index is 0.0846. The number of fused-ring (bicyclic) bond motifs is 3. The van der Waals surface area contributed by atoms with Gasteiger partial charge in [-0.2, -0.15) is 0 Å². The summed E-state index contributed by atoms with van der Waals surface area (Å²) in [5.41, 5.74) is 3.70. The van der Waals surface area contributed by atoms with Crippen molar-refractivity contribution in [2.75, 3.05) is 19.1 Å². The molecule has 0 saturated carbocycles. The largest absolute Gasteiger partial charge is 0.496 e. The van der Waals surface area contributed by atoms with E-state index >= 15 is 0 Å². The first kappa shape index (κ1) is 20.6. The van der Waals surface area contributed by atoms with Gasteiger partial charge in [-0.05, 0) is 47.0 Å². The number of aromatic nitrogens is 1. The van der Waals surface area contributed by atoms with Crippen molar-refractivity contribution in [3.8, 4) is 16.9 Å². The zero-order valence-corrected chi connectivity index (χ0v) is 18.7. The van der Waals surface area contributed by atoms with Gasteiger partial charge in [0.1, 0.15) is 20.3 Å². The number of ether oxygens (including phenoxy) is 1. The molecule has 0 aliphatic heterocycles. The van der Waals surface area contributed by atoms with Gasteiger partial charge in [0.15, 0.2) is 0 Å². The Morgan fingerprint density at radius 3 is 2.50 bits per heavy atom. The van der Waals surface area contributed by atoms with Crippen LogP contribution in [0.25, 0.3) is 32.1 Å². The van der Waals surface area contributed by atoms with Crippen LogP contribution in [0.4, 0.5) is 0 Å². The zero-order chi connectivity index (χ0) is 21.5. The van der Waals surface area contributed by atoms with Crippen LogP contribution in [0.3, 0.4) is 0 Å². The van der Waals surface area contributed by atoms with Crippen molar-refractivity contribution in [3.63, 3.8) is 0 Å². The molecule has 0 aliphatic carbocycles. The molecular weight excluding hydrogens is 418 g/mol. The lowest BCUT2D eigenvalue weighted by Gasteiger charge is -2.15. The monoisotopic (exact) mass is 441 g/mol. The third kappa shape index (κ3) is 3.87. The van der Waals surface area contributed by atoms with E-state index in [1.807, 2.05) is 54.8 Å². The molecule has 0 fully saturated rings. The summed E-state index contributed by atoms with van der Waals surface area (Å²) in [4.78, 5) is 15.4. The Morgan fingerprint density at radius 1 is 1.10 bits per heavy atom. The van der Waals surface area contributed by atoms with Crippen molar-refractivity contribution in [2.24, 2.45) is 0 Å². The van der Waals surface area contributed by atoms with Crippen molar-refractivity contribution in [1.82, 2.24) is 4.98 Å². The summed E-state index contributed by atoms with van der Waals surface area (Å²) in [6.07, 6.45) is 1.86. The number of benzene rings is 2. The molecule has 2 aromatic carbocycles. The first-order valence-corrected chi connectivity index (χ1v) is 12.6. The van der Waals surface area contributed by atoms with E-state index in [0.29, 0.717) is 11.1 Å². The van der Waals surface area contributed by atoms with Crippen LogP contribution in [0.5, 0.6) is 5.75 Å². The van der Waals surface area contributed by atoms with E-state index in [9.17, 15) is 13.2 Å². The number of nitrogens with one attached hydrogen (secondary N) is 1. The van der Waals surface area contributed by atoms with Crippen LogP contribution in [0.2, 0.25) is 0 Å². The fourth-order valence-corrected chi connectivity index (χ4v) is 5.40. The molecule has 0 bridgehead atoms. The Hall–Kier alpha value is -2.64. The van der Waals surface area contributed by atoms with Gasteiger partial charge in [-0.25, -0.2) is 8.42 Å². The van der Waals surface area contributed by atoms with E-state index in [0.717, 1.165) is 38.7 Å². The number of H-pyrrole nitrogens is 1. The van der Waals surface area contributed by atoms with Gasteiger partial charge in [0.25, 0.3) is 5.56 Å². The molecule has 156 valence electrons. The average molecular weight is 442 g/mol. The Bertz CT molecular complexity index is 1380. The van der Waals surface area contributed by atoms with Crippen molar-refractivity contribution in [2.45, 2.75) is 19.3 Å². The fourth-order valence-electron chi connectivity index (χ4n) is 3.82. The highest BCUT2D eigenvalue weighted by atomic mass is 32.2. The third-order valence-corrected chi connectivity index (χ3v) is 7.36. The fraction of sp³-hybridized carbons (Fsp3) is 0.261. The smallest absolute Gasteiger partial charge is 0.266 e. The van der Waals surface area contributed by atoms with Crippen LogP contribution < -0.4 is 10.3 Å². The maximum Gasteiger partial charge on any atom is 0.266 e. The first-order chi connectivity index (χ1) is 14.3. The molecule has 0 spiro atoms. The van der Waals surface area contributed by atoms with Crippen molar-refractivity contribution >= 4 is 42.2 Å². The predicted molar refractivity (Wildman–Crippen MR) is 125 cm³/mol. The molecule has 0 aliphatic rings. The van der Waals surface area contributed by atoms with Gasteiger partial charge < -0.3 is 9.72 Å². The normalized spacial score (nSPS) is 13.0. The molecule has 4 aromatic rings. The number of methoxy groups -OCH3 is 1. The number of pyridine rings is 1. The second-order valence-electron chi connectivity index (χ2n) is 7.62. The molecule has 2 aromatic heterocycles. The molecule has 5 nitrogen and oxygen atoms in total. The van der Waals surface area contributed by atoms with Gasteiger partial charge in [0.05, 0.1) is 12.9 Å². The Labute approximate surface area is 179 Å². The number of hydrogen-bond acceptors (Lipinski definition) is 5. The molecular formula is C23H23NO4S2. The molecule has 30 heavy (non-hydrogen) atoms. The summed E-state index contributed by atoms with van der Waals surface area (Å²) in [7, 11) is -1.33. The van der Waals surface area contributed by atoms with Crippen LogP contribution in [-0.2, 0) is 9.84 Å². The van der Waals surface area contributed by atoms with Gasteiger partial charge in [0, 0.05) is 28.1 Å². The molecule has 1 N–H and O–H groups in total. The molecule has 1 atom stereocenters. The van der Waals surface area contributed by atoms with E-state index in [1.165, 1.54) is 17.6 Å². The van der Waals surface area contributed by atoms with E-state index < -0.39 is 9.84 Å². The molecule has 0 unspecified atom stereocenters. The molecule has 7 heteroatoms. The third-order valence-electron chi connectivity index (χ3n) is 5.47. The van der Waals surface area contributed by atoms with E-state index in [-0.39, 0.29) is 17.2 Å². The van der Waals surface area contributed by atoms with Crippen LogP contribution in [0, 0.1) is 0 Å². The Kier molecular flexibility index (Phi) is 5.42. The molecule has 0 saturated heterocycles. The minimum Gasteiger partial charge on any atom is -0.496 e. The zero-order valence-electron chi connectivity index (χ0n) is 17.1. The van der Waals surface area contributed by atoms with Crippen LogP contribution in [0.15, 0.2) is 52.6 Å². The Morgan fingerprint density at radius 2 is 1.83 bits per heavy atom. The molecule has 0 amide bonds. The first-order valence-electron chi connectivity index (χ1n) is 9.66. The maximum atomic E-state index is 12.4. The lowest BCUT2D eigenvalue weighted by Crippen LogP contribution is -2.07. The van der Waals surface area contributed by atoms with Gasteiger partial charge in [-0.15, -0.1) is 11.3 Å². The number of sulfone groups is 1. The van der Waals surface area contributed by atoms with Gasteiger partial charge in [-0.1, -0.05) is 31.2 Å². The summed E-state index contributed by atoms with van der Waals surface area (Å²) < 4.78 is 29.3. The summed E-state index contributed by atoms with van der Waals surface area (Å²) in [5.74, 6) is 1.05. The summed E-state index contributed by atoms with van der Waals surface area (Å²) in [5, 5.41) is 3.80. The lowest BCUT2D eigenvalue weighted by atomic mass is 9.93.